The fourth-order valence-electron chi connectivity index (χ4n) is 1.54. The van der Waals surface area contributed by atoms with Gasteiger partial charge < -0.3 is 5.32 Å². The van der Waals surface area contributed by atoms with Crippen molar-refractivity contribution in [2.45, 2.75) is 6.54 Å². The molecular formula is C13H9BrF3N. The van der Waals surface area contributed by atoms with E-state index in [1.54, 1.807) is 0 Å². The summed E-state index contributed by atoms with van der Waals surface area (Å²) in [5, 5.41) is 2.62. The van der Waals surface area contributed by atoms with Crippen LogP contribution < -0.4 is 5.32 Å². The van der Waals surface area contributed by atoms with Crippen molar-refractivity contribution in [3.8, 4) is 0 Å². The van der Waals surface area contributed by atoms with Crippen LogP contribution in [-0.4, -0.2) is 0 Å². The van der Waals surface area contributed by atoms with E-state index in [4.69, 9.17) is 0 Å². The number of halogens is 4. The molecule has 0 unspecified atom stereocenters. The molecular weight excluding hydrogens is 307 g/mol. The first kappa shape index (κ1) is 13.0. The van der Waals surface area contributed by atoms with Crippen molar-refractivity contribution in [2.24, 2.45) is 0 Å². The standard InChI is InChI=1S/C13H9BrF3N/c14-10-4-2-1-3-8(10)7-18-13-11(16)5-9(15)6-12(13)17/h1-6,18H,7H2. The van der Waals surface area contributed by atoms with Gasteiger partial charge in [0.2, 0.25) is 0 Å². The van der Waals surface area contributed by atoms with E-state index in [1.807, 2.05) is 24.3 Å². The van der Waals surface area contributed by atoms with E-state index in [0.29, 0.717) is 12.1 Å². The van der Waals surface area contributed by atoms with Crippen LogP contribution in [0.25, 0.3) is 0 Å². The highest BCUT2D eigenvalue weighted by Crippen LogP contribution is 2.22. The molecule has 94 valence electrons. The average Bonchev–Trinajstić information content (AvgIpc) is 2.30. The van der Waals surface area contributed by atoms with Crippen molar-refractivity contribution in [1.29, 1.82) is 0 Å². The molecule has 0 bridgehead atoms. The Labute approximate surface area is 111 Å². The molecule has 2 rings (SSSR count). The molecule has 0 saturated carbocycles. The number of hydrogen-bond acceptors (Lipinski definition) is 1. The normalized spacial score (nSPS) is 10.4. The lowest BCUT2D eigenvalue weighted by Crippen LogP contribution is -2.05. The number of anilines is 1. The second-order valence-electron chi connectivity index (χ2n) is 3.69. The van der Waals surface area contributed by atoms with Gasteiger partial charge in [-0.2, -0.15) is 0 Å². The molecule has 0 radical (unpaired) electrons. The minimum Gasteiger partial charge on any atom is -0.376 e. The van der Waals surface area contributed by atoms with Crippen LogP contribution in [0.1, 0.15) is 5.56 Å². The van der Waals surface area contributed by atoms with Gasteiger partial charge in [-0.15, -0.1) is 0 Å². The molecule has 0 amide bonds. The summed E-state index contributed by atoms with van der Waals surface area (Å²) in [5.74, 6) is -2.82. The molecule has 0 aliphatic rings. The lowest BCUT2D eigenvalue weighted by Gasteiger charge is -2.10. The third-order valence-electron chi connectivity index (χ3n) is 2.42. The third kappa shape index (κ3) is 2.85. The zero-order chi connectivity index (χ0) is 13.1. The van der Waals surface area contributed by atoms with E-state index >= 15 is 0 Å². The highest BCUT2D eigenvalue weighted by molar-refractivity contribution is 9.10. The molecule has 1 nitrogen and oxygen atoms in total. The molecule has 0 saturated heterocycles. The first-order chi connectivity index (χ1) is 8.58. The summed E-state index contributed by atoms with van der Waals surface area (Å²) in [6.45, 7) is 0.237. The molecule has 0 fully saturated rings. The van der Waals surface area contributed by atoms with Crippen LogP contribution in [0.5, 0.6) is 0 Å². The van der Waals surface area contributed by atoms with E-state index < -0.39 is 17.5 Å². The summed E-state index contributed by atoms with van der Waals surface area (Å²) in [4.78, 5) is 0. The Morgan fingerprint density at radius 2 is 1.61 bits per heavy atom. The van der Waals surface area contributed by atoms with Gasteiger partial charge in [-0.3, -0.25) is 0 Å². The van der Waals surface area contributed by atoms with Gasteiger partial charge in [0.25, 0.3) is 0 Å². The van der Waals surface area contributed by atoms with E-state index in [9.17, 15) is 13.2 Å². The molecule has 18 heavy (non-hydrogen) atoms. The number of rotatable bonds is 3. The van der Waals surface area contributed by atoms with Crippen molar-refractivity contribution in [1.82, 2.24) is 0 Å². The zero-order valence-electron chi connectivity index (χ0n) is 9.18. The maximum absolute atomic E-state index is 13.4. The summed E-state index contributed by atoms with van der Waals surface area (Å²) in [7, 11) is 0. The predicted octanol–water partition coefficient (Wildman–Crippen LogP) is 4.48. The number of hydrogen-bond donors (Lipinski definition) is 1. The fraction of sp³-hybridized carbons (Fsp3) is 0.0769. The molecule has 1 N–H and O–H groups in total. The van der Waals surface area contributed by atoms with E-state index in [1.165, 1.54) is 0 Å². The van der Waals surface area contributed by atoms with Gasteiger partial charge in [-0.05, 0) is 11.6 Å². The Morgan fingerprint density at radius 1 is 1.00 bits per heavy atom. The lowest BCUT2D eigenvalue weighted by atomic mass is 10.2. The maximum Gasteiger partial charge on any atom is 0.152 e. The first-order valence-electron chi connectivity index (χ1n) is 5.20. The van der Waals surface area contributed by atoms with Gasteiger partial charge in [0.15, 0.2) is 11.6 Å². The Morgan fingerprint density at radius 3 is 2.22 bits per heavy atom. The van der Waals surface area contributed by atoms with Crippen LogP contribution in [0.4, 0.5) is 18.9 Å². The fourth-order valence-corrected chi connectivity index (χ4v) is 1.96. The largest absolute Gasteiger partial charge is 0.376 e. The number of benzene rings is 2. The van der Waals surface area contributed by atoms with Gasteiger partial charge >= 0.3 is 0 Å². The Hall–Kier alpha value is -1.49. The number of nitrogens with one attached hydrogen (secondary N) is 1. The summed E-state index contributed by atoms with van der Waals surface area (Å²) < 4.78 is 40.3. The molecule has 2 aromatic carbocycles. The minimum atomic E-state index is -0.945. The molecule has 0 spiro atoms. The van der Waals surface area contributed by atoms with Crippen LogP contribution in [-0.2, 0) is 6.54 Å². The lowest BCUT2D eigenvalue weighted by molar-refractivity contribution is 0.547. The smallest absolute Gasteiger partial charge is 0.152 e. The topological polar surface area (TPSA) is 12.0 Å². The highest BCUT2D eigenvalue weighted by Gasteiger charge is 2.11. The molecule has 0 aliphatic carbocycles. The SMILES string of the molecule is Fc1cc(F)c(NCc2ccccc2Br)c(F)c1. The molecule has 5 heteroatoms. The monoisotopic (exact) mass is 315 g/mol. The van der Waals surface area contributed by atoms with Crippen molar-refractivity contribution in [3.63, 3.8) is 0 Å². The highest BCUT2D eigenvalue weighted by atomic mass is 79.9. The van der Waals surface area contributed by atoms with E-state index in [-0.39, 0.29) is 12.2 Å². The van der Waals surface area contributed by atoms with E-state index in [2.05, 4.69) is 21.2 Å². The Kier molecular flexibility index (Phi) is 3.91. The van der Waals surface area contributed by atoms with Crippen LogP contribution in [0, 0.1) is 17.5 Å². The van der Waals surface area contributed by atoms with Gasteiger partial charge in [0.05, 0.1) is 0 Å². The summed E-state index contributed by atoms with van der Waals surface area (Å²) in [6, 6.07) is 8.59. The molecule has 0 aromatic heterocycles. The van der Waals surface area contributed by atoms with Crippen LogP contribution in [0.3, 0.4) is 0 Å². The second-order valence-corrected chi connectivity index (χ2v) is 4.54. The first-order valence-corrected chi connectivity index (χ1v) is 5.99. The van der Waals surface area contributed by atoms with Crippen molar-refractivity contribution >= 4 is 21.6 Å². The molecule has 0 atom stereocenters. The molecule has 2 aromatic rings. The zero-order valence-corrected chi connectivity index (χ0v) is 10.8. The van der Waals surface area contributed by atoms with Gasteiger partial charge in [-0.25, -0.2) is 13.2 Å². The second kappa shape index (κ2) is 5.44. The van der Waals surface area contributed by atoms with Gasteiger partial charge in [-0.1, -0.05) is 34.1 Å². The van der Waals surface area contributed by atoms with E-state index in [0.717, 1.165) is 10.0 Å². The Bertz CT molecular complexity index is 549. The minimum absolute atomic E-state index is 0.237. The average molecular weight is 316 g/mol. The summed E-state index contributed by atoms with van der Waals surface area (Å²) in [5.41, 5.74) is 0.521. The molecule has 0 heterocycles. The van der Waals surface area contributed by atoms with Crippen molar-refractivity contribution in [3.05, 3.63) is 63.9 Å². The molecule has 0 aliphatic heterocycles. The van der Waals surface area contributed by atoms with Crippen LogP contribution in [0.2, 0.25) is 0 Å². The summed E-state index contributed by atoms with van der Waals surface area (Å²) in [6.07, 6.45) is 0. The van der Waals surface area contributed by atoms with Crippen molar-refractivity contribution in [2.75, 3.05) is 5.32 Å². The predicted molar refractivity (Wildman–Crippen MR) is 67.8 cm³/mol. The van der Waals surface area contributed by atoms with Crippen LogP contribution in [0.15, 0.2) is 40.9 Å². The third-order valence-corrected chi connectivity index (χ3v) is 3.19. The Balaban J connectivity index is 2.19. The summed E-state index contributed by atoms with van der Waals surface area (Å²) >= 11 is 3.33. The quantitative estimate of drug-likeness (QED) is 0.880. The van der Waals surface area contributed by atoms with Crippen LogP contribution >= 0.6 is 15.9 Å². The van der Waals surface area contributed by atoms with Gasteiger partial charge in [0, 0.05) is 23.2 Å². The van der Waals surface area contributed by atoms with Crippen molar-refractivity contribution < 1.29 is 13.2 Å². The van der Waals surface area contributed by atoms with Gasteiger partial charge in [0.1, 0.15) is 11.5 Å². The maximum atomic E-state index is 13.4.